The van der Waals surface area contributed by atoms with Gasteiger partial charge in [0.25, 0.3) is 0 Å². The standard InChI is InChI=1S/C50H33NO/c1-2-11-34(12-3-1)35-23-28-39(29-24-35)51(41-15-8-14-38(33-41)44-19-10-21-48-47-17-6-7-22-49(47)52-50(44)48)40-30-25-37(26-31-40)43-18-9-20-45-42-16-5-4-13-36(42)27-32-46(43)45/h1-33H. The van der Waals surface area contributed by atoms with Crippen molar-refractivity contribution in [2.24, 2.45) is 0 Å². The van der Waals surface area contributed by atoms with Crippen molar-refractivity contribution in [3.05, 3.63) is 200 Å². The van der Waals surface area contributed by atoms with Gasteiger partial charge >= 0.3 is 0 Å². The summed E-state index contributed by atoms with van der Waals surface area (Å²) in [4.78, 5) is 2.34. The lowest BCUT2D eigenvalue weighted by atomic mass is 9.94. The van der Waals surface area contributed by atoms with Crippen LogP contribution in [-0.4, -0.2) is 0 Å². The van der Waals surface area contributed by atoms with Crippen LogP contribution in [0.2, 0.25) is 0 Å². The predicted octanol–water partition coefficient (Wildman–Crippen LogP) is 14.4. The van der Waals surface area contributed by atoms with Gasteiger partial charge in [-0.25, -0.2) is 0 Å². The van der Waals surface area contributed by atoms with Gasteiger partial charge in [-0.3, -0.25) is 0 Å². The second-order valence-electron chi connectivity index (χ2n) is 13.3. The summed E-state index contributed by atoms with van der Waals surface area (Å²) in [5.41, 5.74) is 12.0. The van der Waals surface area contributed by atoms with Gasteiger partial charge in [-0.05, 0) is 91.8 Å². The van der Waals surface area contributed by atoms with Gasteiger partial charge < -0.3 is 9.32 Å². The zero-order chi connectivity index (χ0) is 34.4. The first-order chi connectivity index (χ1) is 25.8. The van der Waals surface area contributed by atoms with Gasteiger partial charge in [0, 0.05) is 33.4 Å². The van der Waals surface area contributed by atoms with E-state index in [2.05, 4.69) is 193 Å². The number of nitrogens with zero attached hydrogens (tertiary/aromatic N) is 1. The summed E-state index contributed by atoms with van der Waals surface area (Å²) in [6.07, 6.45) is 0. The Labute approximate surface area is 302 Å². The molecule has 9 aromatic carbocycles. The smallest absolute Gasteiger partial charge is 0.143 e. The molecule has 2 heteroatoms. The minimum absolute atomic E-state index is 0.903. The van der Waals surface area contributed by atoms with Crippen LogP contribution >= 0.6 is 0 Å². The predicted molar refractivity (Wildman–Crippen MR) is 220 cm³/mol. The molecule has 0 aliphatic carbocycles. The lowest BCUT2D eigenvalue weighted by Crippen LogP contribution is -2.10. The van der Waals surface area contributed by atoms with E-state index in [1.165, 1.54) is 43.8 Å². The number of benzene rings is 9. The molecule has 0 saturated heterocycles. The van der Waals surface area contributed by atoms with Crippen molar-refractivity contribution in [1.29, 1.82) is 0 Å². The molecule has 10 aromatic rings. The van der Waals surface area contributed by atoms with Crippen LogP contribution in [0.25, 0.3) is 76.9 Å². The average molecular weight is 664 g/mol. The maximum Gasteiger partial charge on any atom is 0.143 e. The zero-order valence-electron chi connectivity index (χ0n) is 28.4. The third-order valence-corrected chi connectivity index (χ3v) is 10.3. The molecule has 0 amide bonds. The largest absolute Gasteiger partial charge is 0.455 e. The molecule has 0 N–H and O–H groups in total. The molecule has 10 rings (SSSR count). The first kappa shape index (κ1) is 30.0. The van der Waals surface area contributed by atoms with Gasteiger partial charge in [0.1, 0.15) is 11.2 Å². The molecular formula is C50H33NO. The molecule has 0 atom stereocenters. The molecule has 0 radical (unpaired) electrons. The van der Waals surface area contributed by atoms with Gasteiger partial charge in [0.15, 0.2) is 0 Å². The van der Waals surface area contributed by atoms with E-state index < -0.39 is 0 Å². The Morgan fingerprint density at radius 1 is 0.308 bits per heavy atom. The Balaban J connectivity index is 1.09. The molecular weight excluding hydrogens is 631 g/mol. The normalized spacial score (nSPS) is 11.5. The molecule has 52 heavy (non-hydrogen) atoms. The number of rotatable bonds is 6. The maximum atomic E-state index is 6.46. The fourth-order valence-electron chi connectivity index (χ4n) is 7.75. The fourth-order valence-corrected chi connectivity index (χ4v) is 7.75. The highest BCUT2D eigenvalue weighted by molar-refractivity contribution is 6.12. The van der Waals surface area contributed by atoms with Crippen LogP contribution < -0.4 is 4.90 Å². The molecule has 0 fully saturated rings. The Morgan fingerprint density at radius 3 is 1.71 bits per heavy atom. The van der Waals surface area contributed by atoms with Crippen LogP contribution in [0.3, 0.4) is 0 Å². The van der Waals surface area contributed by atoms with Crippen molar-refractivity contribution in [1.82, 2.24) is 0 Å². The lowest BCUT2D eigenvalue weighted by Gasteiger charge is -2.26. The summed E-state index contributed by atoms with van der Waals surface area (Å²) in [6, 6.07) is 71.6. The van der Waals surface area contributed by atoms with E-state index in [1.807, 2.05) is 12.1 Å². The van der Waals surface area contributed by atoms with Gasteiger partial charge in [-0.1, -0.05) is 158 Å². The van der Waals surface area contributed by atoms with Crippen molar-refractivity contribution >= 4 is 60.5 Å². The minimum Gasteiger partial charge on any atom is -0.455 e. The van der Waals surface area contributed by atoms with E-state index in [1.54, 1.807) is 0 Å². The molecule has 0 aliphatic rings. The molecule has 0 spiro atoms. The number of anilines is 3. The zero-order valence-corrected chi connectivity index (χ0v) is 28.4. The van der Waals surface area contributed by atoms with Crippen LogP contribution in [-0.2, 0) is 0 Å². The topological polar surface area (TPSA) is 16.4 Å². The summed E-state index contributed by atoms with van der Waals surface area (Å²) < 4.78 is 6.46. The molecule has 0 aliphatic heterocycles. The summed E-state index contributed by atoms with van der Waals surface area (Å²) in [6.45, 7) is 0. The van der Waals surface area contributed by atoms with Crippen LogP contribution in [0, 0.1) is 0 Å². The van der Waals surface area contributed by atoms with Crippen LogP contribution in [0.5, 0.6) is 0 Å². The quantitative estimate of drug-likeness (QED) is 0.165. The summed E-state index contributed by atoms with van der Waals surface area (Å²) in [7, 11) is 0. The Bertz CT molecular complexity index is 2890. The highest BCUT2D eigenvalue weighted by atomic mass is 16.3. The summed E-state index contributed by atoms with van der Waals surface area (Å²) in [5, 5.41) is 7.34. The number of hydrogen-bond acceptors (Lipinski definition) is 2. The Morgan fingerprint density at radius 2 is 0.904 bits per heavy atom. The van der Waals surface area contributed by atoms with E-state index in [-0.39, 0.29) is 0 Å². The minimum atomic E-state index is 0.903. The molecule has 0 saturated carbocycles. The van der Waals surface area contributed by atoms with Gasteiger partial charge in [0.05, 0.1) is 0 Å². The van der Waals surface area contributed by atoms with E-state index in [9.17, 15) is 0 Å². The van der Waals surface area contributed by atoms with Gasteiger partial charge in [0.2, 0.25) is 0 Å². The third-order valence-electron chi connectivity index (χ3n) is 10.3. The second-order valence-corrected chi connectivity index (χ2v) is 13.3. The van der Waals surface area contributed by atoms with Crippen molar-refractivity contribution in [2.45, 2.75) is 0 Å². The van der Waals surface area contributed by atoms with Crippen molar-refractivity contribution in [3.8, 4) is 33.4 Å². The molecule has 0 bridgehead atoms. The van der Waals surface area contributed by atoms with Crippen molar-refractivity contribution in [3.63, 3.8) is 0 Å². The molecule has 1 heterocycles. The monoisotopic (exact) mass is 663 g/mol. The molecule has 244 valence electrons. The highest BCUT2D eigenvalue weighted by Crippen LogP contribution is 2.41. The highest BCUT2D eigenvalue weighted by Gasteiger charge is 2.17. The van der Waals surface area contributed by atoms with Crippen molar-refractivity contribution < 1.29 is 4.42 Å². The second kappa shape index (κ2) is 12.5. The Hall–Kier alpha value is -6.90. The van der Waals surface area contributed by atoms with Crippen LogP contribution in [0.4, 0.5) is 17.1 Å². The van der Waals surface area contributed by atoms with Crippen LogP contribution in [0.1, 0.15) is 0 Å². The van der Waals surface area contributed by atoms with Gasteiger partial charge in [-0.2, -0.15) is 0 Å². The van der Waals surface area contributed by atoms with Crippen molar-refractivity contribution in [2.75, 3.05) is 4.90 Å². The van der Waals surface area contributed by atoms with E-state index in [0.717, 1.165) is 50.1 Å². The fraction of sp³-hybridized carbons (Fsp3) is 0. The van der Waals surface area contributed by atoms with E-state index in [4.69, 9.17) is 4.42 Å². The SMILES string of the molecule is c1ccc(-c2ccc(N(c3ccc(-c4cccc5c4ccc4ccccc45)cc3)c3cccc(-c4cccc5c4oc4ccccc45)c3)cc2)cc1. The number of hydrogen-bond donors (Lipinski definition) is 0. The number of furan rings is 1. The molecule has 0 unspecified atom stereocenters. The van der Waals surface area contributed by atoms with E-state index in [0.29, 0.717) is 0 Å². The first-order valence-corrected chi connectivity index (χ1v) is 17.8. The molecule has 1 aromatic heterocycles. The maximum absolute atomic E-state index is 6.46. The summed E-state index contributed by atoms with van der Waals surface area (Å²) in [5.74, 6) is 0. The van der Waals surface area contributed by atoms with Gasteiger partial charge in [-0.15, -0.1) is 0 Å². The number of fused-ring (bicyclic) bond motifs is 6. The third kappa shape index (κ3) is 5.12. The lowest BCUT2D eigenvalue weighted by molar-refractivity contribution is 0.670. The van der Waals surface area contributed by atoms with E-state index >= 15 is 0 Å². The molecule has 2 nitrogen and oxygen atoms in total. The number of para-hydroxylation sites is 2. The first-order valence-electron chi connectivity index (χ1n) is 17.8. The Kier molecular flexibility index (Phi) is 7.18. The summed E-state index contributed by atoms with van der Waals surface area (Å²) >= 11 is 0. The van der Waals surface area contributed by atoms with Crippen LogP contribution in [0.15, 0.2) is 205 Å². The average Bonchev–Trinajstić information content (AvgIpc) is 3.61.